The Kier molecular flexibility index (Phi) is 3.65. The van der Waals surface area contributed by atoms with Crippen LogP contribution < -0.4 is 0 Å². The Morgan fingerprint density at radius 1 is 1.43 bits per heavy atom. The van der Waals surface area contributed by atoms with Crippen molar-refractivity contribution in [2.75, 3.05) is 13.1 Å². The highest BCUT2D eigenvalue weighted by atomic mass is 35.5. The van der Waals surface area contributed by atoms with E-state index in [0.717, 1.165) is 10.9 Å². The zero-order chi connectivity index (χ0) is 15.2. The van der Waals surface area contributed by atoms with Gasteiger partial charge in [0.15, 0.2) is 0 Å². The van der Waals surface area contributed by atoms with Gasteiger partial charge in [0, 0.05) is 18.5 Å². The molecule has 1 aliphatic rings. The molecule has 0 aliphatic carbocycles. The monoisotopic (exact) mass is 326 g/mol. The number of aromatic nitrogens is 1. The number of fused-ring (bicyclic) bond motifs is 1. The van der Waals surface area contributed by atoms with E-state index in [9.17, 15) is 13.5 Å². The molecule has 0 spiro atoms. The summed E-state index contributed by atoms with van der Waals surface area (Å²) in [6.07, 6.45) is -0.148. The van der Waals surface area contributed by atoms with Crippen molar-refractivity contribution in [2.24, 2.45) is 0 Å². The lowest BCUT2D eigenvalue weighted by molar-refractivity contribution is 0.189. The normalized spacial score (nSPS) is 20.2. The molecule has 5 nitrogen and oxygen atoms in total. The molecule has 1 atom stereocenters. The summed E-state index contributed by atoms with van der Waals surface area (Å²) in [7, 11) is -3.68. The molecule has 3 rings (SSSR count). The van der Waals surface area contributed by atoms with Gasteiger partial charge in [-0.1, -0.05) is 23.7 Å². The summed E-state index contributed by atoms with van der Waals surface area (Å²) in [6.45, 7) is 2.27. The fourth-order valence-electron chi connectivity index (χ4n) is 2.53. The van der Waals surface area contributed by atoms with E-state index in [4.69, 9.17) is 11.6 Å². The second-order valence-corrected chi connectivity index (χ2v) is 7.49. The molecule has 1 N–H and O–H groups in total. The summed E-state index contributed by atoms with van der Waals surface area (Å²) in [5.41, 5.74) is 1.17. The molecule has 0 radical (unpaired) electrons. The number of hydrogen-bond donors (Lipinski definition) is 1. The zero-order valence-electron chi connectivity index (χ0n) is 11.5. The average molecular weight is 327 g/mol. The van der Waals surface area contributed by atoms with Crippen LogP contribution in [0.4, 0.5) is 0 Å². The average Bonchev–Trinajstić information content (AvgIpc) is 2.87. The Bertz CT molecular complexity index is 807. The molecule has 21 heavy (non-hydrogen) atoms. The van der Waals surface area contributed by atoms with E-state index in [-0.39, 0.29) is 11.4 Å². The summed E-state index contributed by atoms with van der Waals surface area (Å²) in [5, 5.41) is 10.6. The summed E-state index contributed by atoms with van der Waals surface area (Å²) < 4.78 is 26.7. The first-order valence-electron chi connectivity index (χ1n) is 6.63. The van der Waals surface area contributed by atoms with Gasteiger partial charge >= 0.3 is 0 Å². The van der Waals surface area contributed by atoms with Gasteiger partial charge < -0.3 is 5.11 Å². The Morgan fingerprint density at radius 2 is 2.19 bits per heavy atom. The number of aliphatic hydroxyl groups is 1. The van der Waals surface area contributed by atoms with Crippen molar-refractivity contribution < 1.29 is 13.5 Å². The van der Waals surface area contributed by atoms with Crippen LogP contribution in [-0.2, 0) is 10.0 Å². The minimum Gasteiger partial charge on any atom is -0.392 e. The third-order valence-electron chi connectivity index (χ3n) is 3.68. The van der Waals surface area contributed by atoms with Crippen molar-refractivity contribution in [1.29, 1.82) is 0 Å². The molecule has 2 aromatic rings. The van der Waals surface area contributed by atoms with Gasteiger partial charge in [0.05, 0.1) is 11.6 Å². The Hall–Kier alpha value is -1.21. The number of sulfonamides is 1. The Morgan fingerprint density at radius 3 is 2.86 bits per heavy atom. The third kappa shape index (κ3) is 2.53. The third-order valence-corrected chi connectivity index (χ3v) is 5.96. The fourth-order valence-corrected chi connectivity index (χ4v) is 4.32. The molecule has 7 heteroatoms. The first-order chi connectivity index (χ1) is 9.89. The number of para-hydroxylation sites is 1. The predicted octanol–water partition coefficient (Wildman–Crippen LogP) is 1.95. The van der Waals surface area contributed by atoms with Crippen LogP contribution >= 0.6 is 11.6 Å². The van der Waals surface area contributed by atoms with E-state index < -0.39 is 16.1 Å². The molecule has 0 amide bonds. The van der Waals surface area contributed by atoms with Crippen molar-refractivity contribution in [2.45, 2.75) is 24.3 Å². The van der Waals surface area contributed by atoms with E-state index in [1.165, 1.54) is 10.4 Å². The van der Waals surface area contributed by atoms with Gasteiger partial charge in [0.2, 0.25) is 10.0 Å². The van der Waals surface area contributed by atoms with Gasteiger partial charge in [-0.15, -0.1) is 0 Å². The summed E-state index contributed by atoms with van der Waals surface area (Å²) in [6, 6.07) is 6.85. The van der Waals surface area contributed by atoms with Gasteiger partial charge in [-0.3, -0.25) is 0 Å². The molecular formula is C14H15ClN2O3S. The van der Waals surface area contributed by atoms with Gasteiger partial charge in [0.25, 0.3) is 0 Å². The molecule has 112 valence electrons. The lowest BCUT2D eigenvalue weighted by Gasteiger charge is -2.17. The molecule has 1 saturated heterocycles. The maximum atomic E-state index is 12.7. The van der Waals surface area contributed by atoms with E-state index >= 15 is 0 Å². The minimum absolute atomic E-state index is 0.123. The fraction of sp³-hybridized carbons (Fsp3) is 0.357. The largest absolute Gasteiger partial charge is 0.392 e. The topological polar surface area (TPSA) is 70.5 Å². The zero-order valence-corrected chi connectivity index (χ0v) is 13.0. The lowest BCUT2D eigenvalue weighted by Crippen LogP contribution is -2.30. The number of halogens is 1. The van der Waals surface area contributed by atoms with Gasteiger partial charge in [-0.25, -0.2) is 13.4 Å². The number of β-amino-alcohol motifs (C(OH)–C–C–N with tert-alkyl or cyclic N) is 1. The van der Waals surface area contributed by atoms with Gasteiger partial charge in [0.1, 0.15) is 10.0 Å². The molecule has 0 saturated carbocycles. The van der Waals surface area contributed by atoms with Crippen molar-refractivity contribution in [3.8, 4) is 0 Å². The number of aliphatic hydroxyl groups excluding tert-OH is 1. The molecule has 2 heterocycles. The maximum Gasteiger partial charge on any atom is 0.245 e. The highest BCUT2D eigenvalue weighted by Crippen LogP contribution is 2.29. The van der Waals surface area contributed by atoms with Crippen LogP contribution in [0.2, 0.25) is 5.15 Å². The summed E-state index contributed by atoms with van der Waals surface area (Å²) >= 11 is 6.03. The highest BCUT2D eigenvalue weighted by molar-refractivity contribution is 7.89. The Balaban J connectivity index is 2.18. The molecule has 1 aromatic carbocycles. The van der Waals surface area contributed by atoms with E-state index in [0.29, 0.717) is 23.6 Å². The molecule has 1 aliphatic heterocycles. The van der Waals surface area contributed by atoms with Gasteiger partial charge in [-0.05, 0) is 31.0 Å². The number of pyridine rings is 1. The molecule has 1 fully saturated rings. The van der Waals surface area contributed by atoms with Crippen molar-refractivity contribution in [3.05, 3.63) is 35.0 Å². The van der Waals surface area contributed by atoms with Crippen LogP contribution in [0.3, 0.4) is 0 Å². The molecule has 0 bridgehead atoms. The van der Waals surface area contributed by atoms with E-state index in [1.54, 1.807) is 6.07 Å². The number of hydrogen-bond acceptors (Lipinski definition) is 4. The molecular weight excluding hydrogens is 312 g/mol. The van der Waals surface area contributed by atoms with Crippen molar-refractivity contribution in [3.63, 3.8) is 0 Å². The SMILES string of the molecule is Cc1cc2cccc(S(=O)(=O)N3CC[C@@H](O)C3)c2nc1Cl. The smallest absolute Gasteiger partial charge is 0.245 e. The molecule has 1 aromatic heterocycles. The first kappa shape index (κ1) is 14.7. The van der Waals surface area contributed by atoms with Crippen LogP contribution in [0.15, 0.2) is 29.2 Å². The molecule has 0 unspecified atom stereocenters. The predicted molar refractivity (Wildman–Crippen MR) is 80.9 cm³/mol. The van der Waals surface area contributed by atoms with Crippen LogP contribution in [0.5, 0.6) is 0 Å². The number of aryl methyl sites for hydroxylation is 1. The number of nitrogens with zero attached hydrogens (tertiary/aromatic N) is 2. The standard InChI is InChI=1S/C14H15ClN2O3S/c1-9-7-10-3-2-4-12(13(10)16-14(9)15)21(19,20)17-6-5-11(18)8-17/h2-4,7,11,18H,5-6,8H2,1H3/t11-/m1/s1. The van der Waals surface area contributed by atoms with Crippen LogP contribution in [0, 0.1) is 6.92 Å². The second-order valence-electron chi connectivity index (χ2n) is 5.23. The minimum atomic E-state index is -3.68. The summed E-state index contributed by atoms with van der Waals surface area (Å²) in [5.74, 6) is 0. The number of rotatable bonds is 2. The van der Waals surface area contributed by atoms with Crippen LogP contribution in [0.25, 0.3) is 10.9 Å². The number of benzene rings is 1. The van der Waals surface area contributed by atoms with Crippen LogP contribution in [-0.4, -0.2) is 42.0 Å². The van der Waals surface area contributed by atoms with Crippen molar-refractivity contribution in [1.82, 2.24) is 9.29 Å². The summed E-state index contributed by atoms with van der Waals surface area (Å²) in [4.78, 5) is 4.36. The van der Waals surface area contributed by atoms with Gasteiger partial charge in [-0.2, -0.15) is 4.31 Å². The van der Waals surface area contributed by atoms with Crippen LogP contribution in [0.1, 0.15) is 12.0 Å². The van der Waals surface area contributed by atoms with E-state index in [2.05, 4.69) is 4.98 Å². The van der Waals surface area contributed by atoms with E-state index in [1.807, 2.05) is 19.1 Å². The van der Waals surface area contributed by atoms with Crippen molar-refractivity contribution >= 4 is 32.5 Å². The quantitative estimate of drug-likeness (QED) is 0.856. The lowest BCUT2D eigenvalue weighted by atomic mass is 10.2. The first-order valence-corrected chi connectivity index (χ1v) is 8.45. The highest BCUT2D eigenvalue weighted by Gasteiger charge is 2.33. The maximum absolute atomic E-state index is 12.7. The Labute approximate surface area is 128 Å². The second kappa shape index (κ2) is 5.21.